The van der Waals surface area contributed by atoms with Crippen LogP contribution in [0.3, 0.4) is 0 Å². The minimum atomic E-state index is -0.240. The first-order chi connectivity index (χ1) is 15.6. The van der Waals surface area contributed by atoms with Crippen LogP contribution in [0.1, 0.15) is 21.5 Å². The number of nitrogens with zero attached hydrogens (tertiary/aromatic N) is 3. The van der Waals surface area contributed by atoms with Crippen molar-refractivity contribution in [2.45, 2.75) is 13.0 Å². The number of piperazine rings is 1. The Morgan fingerprint density at radius 3 is 2.31 bits per heavy atom. The molecule has 0 spiro atoms. The lowest BCUT2D eigenvalue weighted by Crippen LogP contribution is -2.49. The summed E-state index contributed by atoms with van der Waals surface area (Å²) in [6.07, 6.45) is 0.310. The summed E-state index contributed by atoms with van der Waals surface area (Å²) >= 11 is 0. The van der Waals surface area contributed by atoms with E-state index >= 15 is 0 Å². The number of carbonyl (C=O) groups excluding carboxylic acids is 2. The van der Waals surface area contributed by atoms with E-state index < -0.39 is 0 Å². The van der Waals surface area contributed by atoms with Crippen molar-refractivity contribution < 1.29 is 14.0 Å². The number of carbonyl (C=O) groups is 2. The third-order valence-electron chi connectivity index (χ3n) is 6.20. The number of anilines is 2. The lowest BCUT2D eigenvalue weighted by atomic mass is 10.1. The number of rotatable bonds is 4. The fraction of sp³-hybridized carbons (Fsp3) is 0.231. The Hall–Kier alpha value is -3.67. The minimum Gasteiger partial charge on any atom is -0.366 e. The van der Waals surface area contributed by atoms with E-state index in [1.807, 2.05) is 53.4 Å². The van der Waals surface area contributed by atoms with Gasteiger partial charge in [0, 0.05) is 37.4 Å². The van der Waals surface area contributed by atoms with Gasteiger partial charge in [-0.3, -0.25) is 9.59 Å². The highest BCUT2D eigenvalue weighted by Crippen LogP contribution is 2.31. The van der Waals surface area contributed by atoms with Crippen LogP contribution in [0.15, 0.2) is 72.8 Å². The van der Waals surface area contributed by atoms with Gasteiger partial charge >= 0.3 is 0 Å². The topological polar surface area (TPSA) is 43.9 Å². The summed E-state index contributed by atoms with van der Waals surface area (Å²) in [7, 11) is 0. The van der Waals surface area contributed by atoms with Crippen molar-refractivity contribution in [2.75, 3.05) is 36.0 Å². The molecule has 32 heavy (non-hydrogen) atoms. The molecule has 0 atom stereocenters. The van der Waals surface area contributed by atoms with Crippen LogP contribution in [0.4, 0.5) is 15.8 Å². The van der Waals surface area contributed by atoms with E-state index in [-0.39, 0.29) is 17.6 Å². The Morgan fingerprint density at radius 1 is 0.844 bits per heavy atom. The van der Waals surface area contributed by atoms with Crippen LogP contribution in [-0.2, 0) is 17.8 Å². The molecule has 2 heterocycles. The van der Waals surface area contributed by atoms with E-state index in [0.29, 0.717) is 50.4 Å². The van der Waals surface area contributed by atoms with E-state index in [4.69, 9.17) is 0 Å². The Kier molecular flexibility index (Phi) is 5.35. The zero-order chi connectivity index (χ0) is 22.1. The SMILES string of the molecule is O=C(c1ccc2c(c1)CC(=O)N2Cc1ccccc1)N1CCN(c2ccccc2F)CC1. The molecular formula is C26H24FN3O2. The van der Waals surface area contributed by atoms with Crippen LogP contribution < -0.4 is 9.80 Å². The monoisotopic (exact) mass is 429 g/mol. The summed E-state index contributed by atoms with van der Waals surface area (Å²) in [6.45, 7) is 2.76. The molecule has 0 aromatic heterocycles. The average molecular weight is 429 g/mol. The average Bonchev–Trinajstić information content (AvgIpc) is 3.14. The van der Waals surface area contributed by atoms with Crippen LogP contribution in [-0.4, -0.2) is 42.9 Å². The van der Waals surface area contributed by atoms with E-state index in [0.717, 1.165) is 16.8 Å². The van der Waals surface area contributed by atoms with Crippen LogP contribution in [0, 0.1) is 5.82 Å². The summed E-state index contributed by atoms with van der Waals surface area (Å²) < 4.78 is 14.1. The quantitative estimate of drug-likeness (QED) is 0.632. The highest BCUT2D eigenvalue weighted by atomic mass is 19.1. The van der Waals surface area contributed by atoms with Crippen molar-refractivity contribution in [2.24, 2.45) is 0 Å². The smallest absolute Gasteiger partial charge is 0.253 e. The van der Waals surface area contributed by atoms with Crippen molar-refractivity contribution in [1.29, 1.82) is 0 Å². The first-order valence-corrected chi connectivity index (χ1v) is 10.9. The number of benzene rings is 3. The third kappa shape index (κ3) is 3.84. The maximum atomic E-state index is 14.1. The van der Waals surface area contributed by atoms with Crippen molar-refractivity contribution in [3.05, 3.63) is 95.3 Å². The molecule has 5 nitrogen and oxygen atoms in total. The van der Waals surface area contributed by atoms with Gasteiger partial charge in [0.15, 0.2) is 0 Å². The number of fused-ring (bicyclic) bond motifs is 1. The van der Waals surface area contributed by atoms with E-state index in [1.54, 1.807) is 28.0 Å². The number of halogens is 1. The molecule has 5 rings (SSSR count). The number of amides is 2. The van der Waals surface area contributed by atoms with Gasteiger partial charge in [-0.25, -0.2) is 4.39 Å². The normalized spacial score (nSPS) is 15.8. The maximum Gasteiger partial charge on any atom is 0.253 e. The van der Waals surface area contributed by atoms with Crippen LogP contribution in [0.2, 0.25) is 0 Å². The van der Waals surface area contributed by atoms with Gasteiger partial charge in [-0.1, -0.05) is 42.5 Å². The predicted octanol–water partition coefficient (Wildman–Crippen LogP) is 3.88. The molecule has 2 amide bonds. The second kappa shape index (κ2) is 8.46. The Morgan fingerprint density at radius 2 is 1.56 bits per heavy atom. The molecule has 1 fully saturated rings. The van der Waals surface area contributed by atoms with Gasteiger partial charge in [0.05, 0.1) is 18.7 Å². The molecule has 6 heteroatoms. The largest absolute Gasteiger partial charge is 0.366 e. The molecule has 1 saturated heterocycles. The van der Waals surface area contributed by atoms with Crippen molar-refractivity contribution in [3.8, 4) is 0 Å². The maximum absolute atomic E-state index is 14.1. The van der Waals surface area contributed by atoms with E-state index in [9.17, 15) is 14.0 Å². The molecule has 0 unspecified atom stereocenters. The molecule has 2 aliphatic rings. The van der Waals surface area contributed by atoms with Crippen LogP contribution in [0.5, 0.6) is 0 Å². The van der Waals surface area contributed by atoms with E-state index in [1.165, 1.54) is 6.07 Å². The summed E-state index contributed by atoms with van der Waals surface area (Å²) in [5, 5.41) is 0. The van der Waals surface area contributed by atoms with Crippen LogP contribution >= 0.6 is 0 Å². The molecule has 0 N–H and O–H groups in total. The highest BCUT2D eigenvalue weighted by Gasteiger charge is 2.29. The highest BCUT2D eigenvalue weighted by molar-refractivity contribution is 6.03. The molecule has 162 valence electrons. The molecule has 3 aromatic rings. The van der Waals surface area contributed by atoms with Gasteiger partial charge in [0.25, 0.3) is 5.91 Å². The Balaban J connectivity index is 1.27. The van der Waals surface area contributed by atoms with Gasteiger partial charge in [-0.15, -0.1) is 0 Å². The first kappa shape index (κ1) is 20.2. The first-order valence-electron chi connectivity index (χ1n) is 10.9. The van der Waals surface area contributed by atoms with Gasteiger partial charge in [0.1, 0.15) is 5.82 Å². The molecule has 0 saturated carbocycles. The predicted molar refractivity (Wildman–Crippen MR) is 122 cm³/mol. The summed E-state index contributed by atoms with van der Waals surface area (Å²) in [4.78, 5) is 31.3. The molecular weight excluding hydrogens is 405 g/mol. The van der Waals surface area contributed by atoms with Crippen molar-refractivity contribution >= 4 is 23.2 Å². The fourth-order valence-corrected chi connectivity index (χ4v) is 4.50. The Bertz CT molecular complexity index is 1160. The minimum absolute atomic E-state index is 0.0464. The van der Waals surface area contributed by atoms with Gasteiger partial charge < -0.3 is 14.7 Å². The second-order valence-electron chi connectivity index (χ2n) is 8.22. The molecule has 3 aromatic carbocycles. The number of hydrogen-bond acceptors (Lipinski definition) is 3. The summed E-state index contributed by atoms with van der Waals surface area (Å²) in [5.74, 6) is -0.238. The zero-order valence-electron chi connectivity index (χ0n) is 17.7. The summed E-state index contributed by atoms with van der Waals surface area (Å²) in [6, 6.07) is 22.2. The molecule has 0 aliphatic carbocycles. The lowest BCUT2D eigenvalue weighted by Gasteiger charge is -2.36. The standard InChI is InChI=1S/C26H24FN3O2/c27-22-8-4-5-9-24(22)28-12-14-29(15-13-28)26(32)20-10-11-23-21(16-20)17-25(31)30(23)18-19-6-2-1-3-7-19/h1-11,16H,12-15,17-18H2. The number of para-hydroxylation sites is 1. The van der Waals surface area contributed by atoms with Gasteiger partial charge in [-0.2, -0.15) is 0 Å². The van der Waals surface area contributed by atoms with Crippen molar-refractivity contribution in [3.63, 3.8) is 0 Å². The Labute approximate surface area is 186 Å². The van der Waals surface area contributed by atoms with Crippen LogP contribution in [0.25, 0.3) is 0 Å². The molecule has 0 radical (unpaired) electrons. The van der Waals surface area contributed by atoms with Gasteiger partial charge in [-0.05, 0) is 41.5 Å². The lowest BCUT2D eigenvalue weighted by molar-refractivity contribution is -0.117. The summed E-state index contributed by atoms with van der Waals surface area (Å²) in [5.41, 5.74) is 4.01. The fourth-order valence-electron chi connectivity index (χ4n) is 4.50. The van der Waals surface area contributed by atoms with E-state index in [2.05, 4.69) is 0 Å². The third-order valence-corrected chi connectivity index (χ3v) is 6.20. The second-order valence-corrected chi connectivity index (χ2v) is 8.22. The molecule has 2 aliphatic heterocycles. The molecule has 0 bridgehead atoms. The zero-order valence-corrected chi connectivity index (χ0v) is 17.7. The number of hydrogen-bond donors (Lipinski definition) is 0. The van der Waals surface area contributed by atoms with Gasteiger partial charge in [0.2, 0.25) is 5.91 Å². The van der Waals surface area contributed by atoms with Crippen molar-refractivity contribution in [1.82, 2.24) is 4.90 Å².